The summed E-state index contributed by atoms with van der Waals surface area (Å²) in [5, 5.41) is 17.0. The Hall–Kier alpha value is -2.52. The molecule has 5 heteroatoms. The summed E-state index contributed by atoms with van der Waals surface area (Å²) in [6.07, 6.45) is 3.34. The topological polar surface area (TPSA) is 74.6 Å². The molecule has 2 rings (SSSR count). The first-order valence-corrected chi connectivity index (χ1v) is 6.39. The molecular weight excluding hydrogens is 346 g/mol. The average Bonchev–Trinajstić information content (AvgIpc) is 2.55. The minimum absolute atomic E-state index is 0. The van der Waals surface area contributed by atoms with Crippen LogP contribution < -0.4 is 0 Å². The van der Waals surface area contributed by atoms with Gasteiger partial charge in [-0.25, -0.2) is 9.59 Å². The molecule has 2 N–H and O–H groups in total. The van der Waals surface area contributed by atoms with E-state index in [-0.39, 0.29) is 19.5 Å². The molecule has 114 valence electrons. The van der Waals surface area contributed by atoms with E-state index >= 15 is 0 Å². The molecule has 0 radical (unpaired) electrons. The van der Waals surface area contributed by atoms with Crippen molar-refractivity contribution in [3.8, 4) is 0 Å². The number of carbonyl (C=O) groups is 2. The van der Waals surface area contributed by atoms with Crippen LogP contribution in [0.25, 0.3) is 12.2 Å². The Morgan fingerprint density at radius 1 is 0.696 bits per heavy atom. The van der Waals surface area contributed by atoms with E-state index in [1.54, 1.807) is 60.7 Å². The molecule has 4 nitrogen and oxygen atoms in total. The minimum Gasteiger partial charge on any atom is -0.478 e. The average molecular weight is 362 g/mol. The zero-order chi connectivity index (χ0) is 16.5. The largest absolute Gasteiger partial charge is 0.478 e. The second-order valence-corrected chi connectivity index (χ2v) is 4.26. The number of hydrogen-bond donors (Lipinski definition) is 2. The van der Waals surface area contributed by atoms with E-state index < -0.39 is 11.9 Å². The van der Waals surface area contributed by atoms with Crippen LogP contribution in [0.15, 0.2) is 61.7 Å². The summed E-state index contributed by atoms with van der Waals surface area (Å²) in [5.74, 6) is -1.80. The SMILES string of the molecule is C=Cc1ccc(C(=O)O)cc1.C=Cc1ccc(C(=O)O)cc1.[Zn]. The third-order valence-corrected chi connectivity index (χ3v) is 2.79. The van der Waals surface area contributed by atoms with E-state index in [1.165, 1.54) is 0 Å². The quantitative estimate of drug-likeness (QED) is 0.805. The molecule has 0 aliphatic rings. The van der Waals surface area contributed by atoms with Crippen molar-refractivity contribution in [2.75, 3.05) is 0 Å². The third-order valence-electron chi connectivity index (χ3n) is 2.79. The summed E-state index contributed by atoms with van der Waals surface area (Å²) in [7, 11) is 0. The second kappa shape index (κ2) is 10.2. The van der Waals surface area contributed by atoms with Gasteiger partial charge in [0, 0.05) is 19.5 Å². The van der Waals surface area contributed by atoms with Gasteiger partial charge in [0.2, 0.25) is 0 Å². The molecule has 0 spiro atoms. The van der Waals surface area contributed by atoms with E-state index in [0.717, 1.165) is 11.1 Å². The van der Waals surface area contributed by atoms with Crippen molar-refractivity contribution in [1.82, 2.24) is 0 Å². The van der Waals surface area contributed by atoms with E-state index in [2.05, 4.69) is 13.2 Å². The van der Waals surface area contributed by atoms with Crippen molar-refractivity contribution >= 4 is 24.1 Å². The van der Waals surface area contributed by atoms with E-state index in [9.17, 15) is 9.59 Å². The van der Waals surface area contributed by atoms with Crippen LogP contribution in [0.2, 0.25) is 0 Å². The Labute approximate surface area is 147 Å². The van der Waals surface area contributed by atoms with E-state index in [0.29, 0.717) is 11.1 Å². The molecule has 0 bridgehead atoms. The summed E-state index contributed by atoms with van der Waals surface area (Å²) in [5.41, 5.74) is 2.45. The number of hydrogen-bond acceptors (Lipinski definition) is 2. The number of carboxylic acids is 2. The molecule has 0 saturated heterocycles. The first kappa shape index (κ1) is 20.5. The fraction of sp³-hybridized carbons (Fsp3) is 0. The smallest absolute Gasteiger partial charge is 0.335 e. The molecule has 0 amide bonds. The van der Waals surface area contributed by atoms with Gasteiger partial charge >= 0.3 is 11.9 Å². The fourth-order valence-corrected chi connectivity index (χ4v) is 1.52. The Bertz CT molecular complexity index is 612. The summed E-state index contributed by atoms with van der Waals surface area (Å²) >= 11 is 0. The third kappa shape index (κ3) is 6.85. The van der Waals surface area contributed by atoms with Crippen LogP contribution in [0.5, 0.6) is 0 Å². The maximum Gasteiger partial charge on any atom is 0.335 e. The van der Waals surface area contributed by atoms with Crippen LogP contribution >= 0.6 is 0 Å². The molecular formula is C18H16O4Zn. The van der Waals surface area contributed by atoms with Gasteiger partial charge in [-0.2, -0.15) is 0 Å². The van der Waals surface area contributed by atoms with Gasteiger partial charge in [0.25, 0.3) is 0 Å². The van der Waals surface area contributed by atoms with Gasteiger partial charge < -0.3 is 10.2 Å². The van der Waals surface area contributed by atoms with Crippen LogP contribution in [0.3, 0.4) is 0 Å². The summed E-state index contributed by atoms with van der Waals surface area (Å²) in [6.45, 7) is 7.12. The molecule has 0 unspecified atom stereocenters. The summed E-state index contributed by atoms with van der Waals surface area (Å²) in [4.78, 5) is 20.7. The number of rotatable bonds is 4. The summed E-state index contributed by atoms with van der Waals surface area (Å²) in [6, 6.07) is 13.1. The number of benzene rings is 2. The molecule has 2 aromatic carbocycles. The van der Waals surface area contributed by atoms with Gasteiger partial charge in [-0.1, -0.05) is 49.6 Å². The molecule has 0 heterocycles. The van der Waals surface area contributed by atoms with Gasteiger partial charge in [0.15, 0.2) is 0 Å². The predicted octanol–water partition coefficient (Wildman–Crippen LogP) is 4.05. The first-order valence-electron chi connectivity index (χ1n) is 6.39. The molecule has 0 saturated carbocycles. The van der Waals surface area contributed by atoms with Gasteiger partial charge in [-0.15, -0.1) is 0 Å². The molecule has 0 fully saturated rings. The maximum atomic E-state index is 10.4. The van der Waals surface area contributed by atoms with Crippen LogP contribution in [-0.2, 0) is 19.5 Å². The van der Waals surface area contributed by atoms with Crippen LogP contribution in [0, 0.1) is 0 Å². The standard InChI is InChI=1S/2C9H8O2.Zn/c2*1-2-7-3-5-8(6-4-7)9(10)11;/h2*2-6H,1H2,(H,10,11);. The van der Waals surface area contributed by atoms with Gasteiger partial charge in [0.05, 0.1) is 11.1 Å². The van der Waals surface area contributed by atoms with Crippen LogP contribution in [0.1, 0.15) is 31.8 Å². The van der Waals surface area contributed by atoms with Crippen molar-refractivity contribution in [3.05, 3.63) is 83.9 Å². The minimum atomic E-state index is -0.902. The van der Waals surface area contributed by atoms with Gasteiger partial charge in [0.1, 0.15) is 0 Å². The van der Waals surface area contributed by atoms with Crippen molar-refractivity contribution in [2.24, 2.45) is 0 Å². The molecule has 0 aromatic heterocycles. The zero-order valence-corrected chi connectivity index (χ0v) is 15.6. The normalized spacial score (nSPS) is 8.70. The summed E-state index contributed by atoms with van der Waals surface area (Å²) < 4.78 is 0. The maximum absolute atomic E-state index is 10.4. The first-order chi connectivity index (χ1) is 10.5. The molecule has 0 aliphatic carbocycles. The Morgan fingerprint density at radius 2 is 0.957 bits per heavy atom. The van der Waals surface area contributed by atoms with Crippen molar-refractivity contribution < 1.29 is 39.3 Å². The molecule has 0 aliphatic heterocycles. The zero-order valence-electron chi connectivity index (χ0n) is 12.6. The van der Waals surface area contributed by atoms with Crippen molar-refractivity contribution in [2.45, 2.75) is 0 Å². The second-order valence-electron chi connectivity index (χ2n) is 4.26. The van der Waals surface area contributed by atoms with Crippen molar-refractivity contribution in [1.29, 1.82) is 0 Å². The van der Waals surface area contributed by atoms with Gasteiger partial charge in [-0.05, 0) is 35.4 Å². The van der Waals surface area contributed by atoms with Crippen molar-refractivity contribution in [3.63, 3.8) is 0 Å². The van der Waals surface area contributed by atoms with Crippen LogP contribution in [0.4, 0.5) is 0 Å². The van der Waals surface area contributed by atoms with Crippen LogP contribution in [-0.4, -0.2) is 22.2 Å². The predicted molar refractivity (Wildman–Crippen MR) is 87.0 cm³/mol. The Morgan fingerprint density at radius 3 is 1.13 bits per heavy atom. The Balaban J connectivity index is 0.000000403. The fourth-order valence-electron chi connectivity index (χ4n) is 1.52. The Kier molecular flexibility index (Phi) is 9.13. The molecule has 2 aromatic rings. The number of aromatic carboxylic acids is 2. The number of carboxylic acid groups (broad SMARTS) is 2. The van der Waals surface area contributed by atoms with E-state index in [4.69, 9.17) is 10.2 Å². The monoisotopic (exact) mass is 360 g/mol. The molecule has 0 atom stereocenters. The molecule has 23 heavy (non-hydrogen) atoms. The van der Waals surface area contributed by atoms with E-state index in [1.807, 2.05) is 0 Å². The van der Waals surface area contributed by atoms with Gasteiger partial charge in [-0.3, -0.25) is 0 Å².